The Morgan fingerprint density at radius 1 is 1.21 bits per heavy atom. The predicted molar refractivity (Wildman–Crippen MR) is 78.3 cm³/mol. The van der Waals surface area contributed by atoms with Crippen LogP contribution in [0.5, 0.6) is 11.5 Å². The highest BCUT2D eigenvalue weighted by Crippen LogP contribution is 2.33. The number of ether oxygens (including phenoxy) is 2. The highest BCUT2D eigenvalue weighted by Gasteiger charge is 2.19. The largest absolute Gasteiger partial charge is 0.497 e. The zero-order valence-electron chi connectivity index (χ0n) is 12.6. The smallest absolute Gasteiger partial charge is 0.123 e. The van der Waals surface area contributed by atoms with Gasteiger partial charge < -0.3 is 9.47 Å². The van der Waals surface area contributed by atoms with Crippen LogP contribution in [0, 0.1) is 5.41 Å². The molecular weight excluding hydrogens is 240 g/mol. The van der Waals surface area contributed by atoms with Crippen molar-refractivity contribution in [3.8, 4) is 11.5 Å². The fourth-order valence-corrected chi connectivity index (χ4v) is 2.02. The number of methoxy groups -OCH3 is 2. The molecule has 0 aromatic heterocycles. The summed E-state index contributed by atoms with van der Waals surface area (Å²) in [5.41, 5.74) is 4.20. The van der Waals surface area contributed by atoms with Crippen molar-refractivity contribution >= 4 is 0 Å². The normalized spacial score (nSPS) is 13.2. The SMILES string of the molecule is COc1ccc(OC)c(C(CCC(C)(C)C)NN)c1. The first-order valence-corrected chi connectivity index (χ1v) is 6.59. The molecule has 108 valence electrons. The minimum absolute atomic E-state index is 0.0595. The van der Waals surface area contributed by atoms with Gasteiger partial charge in [0.05, 0.1) is 14.2 Å². The van der Waals surface area contributed by atoms with Crippen LogP contribution >= 0.6 is 0 Å². The average molecular weight is 266 g/mol. The number of hydrogen-bond donors (Lipinski definition) is 2. The lowest BCUT2D eigenvalue weighted by Gasteiger charge is -2.24. The molecule has 0 aliphatic heterocycles. The lowest BCUT2D eigenvalue weighted by molar-refractivity contribution is 0.326. The van der Waals surface area contributed by atoms with Crippen molar-refractivity contribution in [3.05, 3.63) is 23.8 Å². The molecule has 0 heterocycles. The molecule has 3 N–H and O–H groups in total. The third-order valence-electron chi connectivity index (χ3n) is 3.20. The number of hydrazine groups is 1. The van der Waals surface area contributed by atoms with Crippen molar-refractivity contribution in [2.75, 3.05) is 14.2 Å². The summed E-state index contributed by atoms with van der Waals surface area (Å²) in [6.45, 7) is 6.68. The Balaban J connectivity index is 2.95. The van der Waals surface area contributed by atoms with Crippen molar-refractivity contribution in [1.82, 2.24) is 5.43 Å². The van der Waals surface area contributed by atoms with Gasteiger partial charge in [-0.05, 0) is 36.5 Å². The van der Waals surface area contributed by atoms with E-state index in [0.717, 1.165) is 29.9 Å². The average Bonchev–Trinajstić information content (AvgIpc) is 2.38. The van der Waals surface area contributed by atoms with Crippen LogP contribution in [-0.2, 0) is 0 Å². The molecule has 0 spiro atoms. The van der Waals surface area contributed by atoms with Crippen LogP contribution in [0.1, 0.15) is 45.2 Å². The maximum Gasteiger partial charge on any atom is 0.123 e. The van der Waals surface area contributed by atoms with Gasteiger partial charge >= 0.3 is 0 Å². The molecule has 1 atom stereocenters. The van der Waals surface area contributed by atoms with E-state index < -0.39 is 0 Å². The molecule has 1 unspecified atom stereocenters. The van der Waals surface area contributed by atoms with Crippen molar-refractivity contribution in [1.29, 1.82) is 0 Å². The van der Waals surface area contributed by atoms with Crippen molar-refractivity contribution in [2.24, 2.45) is 11.3 Å². The van der Waals surface area contributed by atoms with Gasteiger partial charge in [0, 0.05) is 11.6 Å². The lowest BCUT2D eigenvalue weighted by Crippen LogP contribution is -2.29. The number of benzene rings is 1. The number of nitrogens with one attached hydrogen (secondary N) is 1. The van der Waals surface area contributed by atoms with Gasteiger partial charge in [-0.3, -0.25) is 11.3 Å². The number of rotatable bonds is 6. The molecule has 0 amide bonds. The predicted octanol–water partition coefficient (Wildman–Crippen LogP) is 3.03. The Morgan fingerprint density at radius 3 is 2.37 bits per heavy atom. The first-order valence-electron chi connectivity index (χ1n) is 6.59. The standard InChI is InChI=1S/C15H26N2O2/c1-15(2,3)9-8-13(17-16)12-10-11(18-4)6-7-14(12)19-5/h6-7,10,13,17H,8-9,16H2,1-5H3. The van der Waals surface area contributed by atoms with Crippen LogP contribution in [0.25, 0.3) is 0 Å². The van der Waals surface area contributed by atoms with Gasteiger partial charge in [0.2, 0.25) is 0 Å². The van der Waals surface area contributed by atoms with Crippen LogP contribution in [0.4, 0.5) is 0 Å². The number of hydrogen-bond acceptors (Lipinski definition) is 4. The molecule has 1 rings (SSSR count). The molecule has 0 fully saturated rings. The summed E-state index contributed by atoms with van der Waals surface area (Å²) in [4.78, 5) is 0. The first-order chi connectivity index (χ1) is 8.91. The molecule has 1 aromatic carbocycles. The van der Waals surface area contributed by atoms with Crippen molar-refractivity contribution in [3.63, 3.8) is 0 Å². The van der Waals surface area contributed by atoms with E-state index in [2.05, 4.69) is 26.2 Å². The Bertz CT molecular complexity index is 400. The first kappa shape index (κ1) is 15.8. The summed E-state index contributed by atoms with van der Waals surface area (Å²) in [5, 5.41) is 0. The molecule has 0 saturated carbocycles. The monoisotopic (exact) mass is 266 g/mol. The van der Waals surface area contributed by atoms with Crippen molar-refractivity contribution in [2.45, 2.75) is 39.7 Å². The Morgan fingerprint density at radius 2 is 1.89 bits per heavy atom. The summed E-state index contributed by atoms with van der Waals surface area (Å²) in [6, 6.07) is 5.84. The molecule has 4 nitrogen and oxygen atoms in total. The van der Waals surface area contributed by atoms with Gasteiger partial charge in [0.1, 0.15) is 11.5 Å². The fourth-order valence-electron chi connectivity index (χ4n) is 2.02. The maximum absolute atomic E-state index is 5.70. The van der Waals surface area contributed by atoms with E-state index in [0.29, 0.717) is 0 Å². The van der Waals surface area contributed by atoms with Gasteiger partial charge in [-0.1, -0.05) is 20.8 Å². The van der Waals surface area contributed by atoms with Crippen LogP contribution in [-0.4, -0.2) is 14.2 Å². The minimum Gasteiger partial charge on any atom is -0.497 e. The van der Waals surface area contributed by atoms with E-state index in [1.54, 1.807) is 14.2 Å². The third kappa shape index (κ3) is 4.73. The summed E-state index contributed by atoms with van der Waals surface area (Å²) in [7, 11) is 3.33. The Labute approximate surface area is 116 Å². The second-order valence-corrected chi connectivity index (χ2v) is 5.93. The molecule has 4 heteroatoms. The summed E-state index contributed by atoms with van der Waals surface area (Å²) in [6.07, 6.45) is 2.02. The van der Waals surface area contributed by atoms with Crippen LogP contribution in [0.15, 0.2) is 18.2 Å². The van der Waals surface area contributed by atoms with E-state index in [1.165, 1.54) is 0 Å². The van der Waals surface area contributed by atoms with E-state index in [-0.39, 0.29) is 11.5 Å². The Hall–Kier alpha value is -1.26. The lowest BCUT2D eigenvalue weighted by atomic mass is 9.87. The second kappa shape index (κ2) is 6.78. The Kier molecular flexibility index (Phi) is 5.63. The molecule has 0 aliphatic rings. The highest BCUT2D eigenvalue weighted by molar-refractivity contribution is 5.42. The van der Waals surface area contributed by atoms with Gasteiger partial charge in [0.15, 0.2) is 0 Å². The summed E-state index contributed by atoms with van der Waals surface area (Å²) in [5.74, 6) is 7.35. The molecule has 19 heavy (non-hydrogen) atoms. The second-order valence-electron chi connectivity index (χ2n) is 5.93. The van der Waals surface area contributed by atoms with E-state index >= 15 is 0 Å². The highest BCUT2D eigenvalue weighted by atomic mass is 16.5. The van der Waals surface area contributed by atoms with Gasteiger partial charge in [-0.25, -0.2) is 0 Å². The zero-order valence-corrected chi connectivity index (χ0v) is 12.6. The van der Waals surface area contributed by atoms with Gasteiger partial charge in [0.25, 0.3) is 0 Å². The minimum atomic E-state index is 0.0595. The topological polar surface area (TPSA) is 56.5 Å². The van der Waals surface area contributed by atoms with Crippen LogP contribution in [0.3, 0.4) is 0 Å². The fraction of sp³-hybridized carbons (Fsp3) is 0.600. The van der Waals surface area contributed by atoms with Gasteiger partial charge in [-0.15, -0.1) is 0 Å². The van der Waals surface area contributed by atoms with E-state index in [1.807, 2.05) is 18.2 Å². The van der Waals surface area contributed by atoms with E-state index in [4.69, 9.17) is 15.3 Å². The molecular formula is C15H26N2O2. The molecule has 0 aliphatic carbocycles. The molecule has 0 radical (unpaired) electrons. The molecule has 0 bridgehead atoms. The van der Waals surface area contributed by atoms with Gasteiger partial charge in [-0.2, -0.15) is 0 Å². The van der Waals surface area contributed by atoms with Crippen LogP contribution < -0.4 is 20.7 Å². The third-order valence-corrected chi connectivity index (χ3v) is 3.20. The summed E-state index contributed by atoms with van der Waals surface area (Å²) >= 11 is 0. The van der Waals surface area contributed by atoms with Crippen LogP contribution in [0.2, 0.25) is 0 Å². The number of nitrogens with two attached hydrogens (primary N) is 1. The summed E-state index contributed by atoms with van der Waals surface area (Å²) < 4.78 is 10.7. The quantitative estimate of drug-likeness (QED) is 0.614. The zero-order chi connectivity index (χ0) is 14.5. The van der Waals surface area contributed by atoms with E-state index in [9.17, 15) is 0 Å². The molecule has 1 aromatic rings. The van der Waals surface area contributed by atoms with Crippen molar-refractivity contribution < 1.29 is 9.47 Å². The maximum atomic E-state index is 5.70. The molecule has 0 saturated heterocycles.